The highest BCUT2D eigenvalue weighted by molar-refractivity contribution is 7.92. The van der Waals surface area contributed by atoms with Crippen LogP contribution in [-0.4, -0.2) is 93.1 Å². The molecule has 3 saturated heterocycles. The minimum atomic E-state index is -4.10. The van der Waals surface area contributed by atoms with E-state index in [-0.39, 0.29) is 44.3 Å². The third-order valence-corrected chi connectivity index (χ3v) is 13.6. The fourth-order valence-electron chi connectivity index (χ4n) is 8.38. The molecule has 0 aliphatic carbocycles. The summed E-state index contributed by atoms with van der Waals surface area (Å²) in [6.07, 6.45) is -4.82. The highest BCUT2D eigenvalue weighted by atomic mass is 32.2. The minimum Gasteiger partial charge on any atom is -0.463 e. The third-order valence-electron chi connectivity index (χ3n) is 11.2. The fraction of sp³-hybridized carbons (Fsp3) is 0.556. The highest BCUT2D eigenvalue weighted by Crippen LogP contribution is 2.48. The Morgan fingerprint density at radius 3 is 1.90 bits per heavy atom. The molecule has 13 heteroatoms. The normalized spacial score (nSPS) is 30.1. The zero-order valence-electron chi connectivity index (χ0n) is 33.9. The number of fused-ring (bicyclic) bond motifs is 2. The van der Waals surface area contributed by atoms with Gasteiger partial charge in [0, 0.05) is 33.3 Å². The lowest BCUT2D eigenvalue weighted by Gasteiger charge is -2.52. The molecule has 3 fully saturated rings. The van der Waals surface area contributed by atoms with Crippen molar-refractivity contribution in [2.75, 3.05) is 19.0 Å². The van der Waals surface area contributed by atoms with Crippen molar-refractivity contribution in [1.29, 1.82) is 0 Å². The van der Waals surface area contributed by atoms with Gasteiger partial charge in [0.2, 0.25) is 4.93 Å². The summed E-state index contributed by atoms with van der Waals surface area (Å²) < 4.78 is 81.5. The largest absolute Gasteiger partial charge is 0.463 e. The highest BCUT2D eigenvalue weighted by Gasteiger charge is 2.65. The monoisotopic (exact) mass is 822 g/mol. The van der Waals surface area contributed by atoms with Crippen LogP contribution in [0.1, 0.15) is 76.5 Å². The number of sulfone groups is 1. The van der Waals surface area contributed by atoms with Crippen LogP contribution in [0, 0.1) is 5.92 Å². The molecule has 0 amide bonds. The van der Waals surface area contributed by atoms with Crippen LogP contribution in [0.15, 0.2) is 91.0 Å². The molecule has 0 unspecified atom stereocenters. The summed E-state index contributed by atoms with van der Waals surface area (Å²) >= 11 is 0. The van der Waals surface area contributed by atoms with Gasteiger partial charge in [-0.15, -0.1) is 0 Å². The molecule has 0 spiro atoms. The minimum absolute atomic E-state index is 0.0923. The molecule has 316 valence electrons. The number of ether oxygens (including phenoxy) is 8. The van der Waals surface area contributed by atoms with E-state index < -0.39 is 75.5 Å². The summed E-state index contributed by atoms with van der Waals surface area (Å²) in [6, 6.07) is 29.3. The third kappa shape index (κ3) is 11.1. The van der Waals surface area contributed by atoms with E-state index in [0.717, 1.165) is 16.7 Å². The molecule has 0 radical (unpaired) electrons. The molecular formula is C45H58O12S. The topological polar surface area (TPSA) is 142 Å². The van der Waals surface area contributed by atoms with Gasteiger partial charge in [-0.3, -0.25) is 9.59 Å². The van der Waals surface area contributed by atoms with Gasteiger partial charge in [-0.25, -0.2) is 8.42 Å². The Hall–Kier alpha value is -3.69. The van der Waals surface area contributed by atoms with Crippen LogP contribution in [0.25, 0.3) is 0 Å². The predicted octanol–water partition coefficient (Wildman–Crippen LogP) is 6.52. The first-order chi connectivity index (χ1) is 28.0. The molecule has 58 heavy (non-hydrogen) atoms. The second kappa shape index (κ2) is 20.5. The average molecular weight is 823 g/mol. The van der Waals surface area contributed by atoms with Crippen molar-refractivity contribution in [3.63, 3.8) is 0 Å². The van der Waals surface area contributed by atoms with Gasteiger partial charge in [0.05, 0.1) is 50.0 Å². The van der Waals surface area contributed by atoms with Gasteiger partial charge in [0.1, 0.15) is 31.0 Å². The van der Waals surface area contributed by atoms with Crippen LogP contribution < -0.4 is 0 Å². The standard InChI is InChI=1S/C45H58O12S/c1-5-58(48,49)45-43(53-29-36-19-13-8-14-20-36)25-38(52-28-35-17-11-7-12-18-35)37(21-22-50-27-34-15-9-6-10-16-34)56-44(45)26-40-41(57-45)24-31(2)23-39(54-33(4)47)42(55-40)30-51-32(3)46/h6-20,31,37-44H,5,21-30H2,1-4H3/t31-,37+,38-,39+,40+,41-,42-,43-,44-,45-/m1/s1. The van der Waals surface area contributed by atoms with Crippen LogP contribution >= 0.6 is 0 Å². The molecule has 3 heterocycles. The molecule has 12 nitrogen and oxygen atoms in total. The van der Waals surface area contributed by atoms with E-state index in [1.165, 1.54) is 13.8 Å². The quantitative estimate of drug-likeness (QED) is 0.115. The number of rotatable bonds is 16. The van der Waals surface area contributed by atoms with Crippen LogP contribution in [-0.2, 0) is 77.1 Å². The molecule has 0 bridgehead atoms. The van der Waals surface area contributed by atoms with E-state index in [1.54, 1.807) is 6.92 Å². The summed E-state index contributed by atoms with van der Waals surface area (Å²) in [6.45, 7) is 7.21. The van der Waals surface area contributed by atoms with Crippen molar-refractivity contribution in [1.82, 2.24) is 0 Å². The molecule has 3 aliphatic heterocycles. The molecule has 0 saturated carbocycles. The van der Waals surface area contributed by atoms with Crippen molar-refractivity contribution >= 4 is 21.8 Å². The summed E-state index contributed by atoms with van der Waals surface area (Å²) in [5.41, 5.74) is 2.86. The van der Waals surface area contributed by atoms with Crippen LogP contribution in [0.3, 0.4) is 0 Å². The predicted molar refractivity (Wildman–Crippen MR) is 215 cm³/mol. The fourth-order valence-corrected chi connectivity index (χ4v) is 10.2. The van der Waals surface area contributed by atoms with Gasteiger partial charge in [0.25, 0.3) is 0 Å². The van der Waals surface area contributed by atoms with Crippen LogP contribution in [0.4, 0.5) is 0 Å². The van der Waals surface area contributed by atoms with Crippen molar-refractivity contribution < 1.29 is 55.9 Å². The zero-order chi connectivity index (χ0) is 41.1. The summed E-state index contributed by atoms with van der Waals surface area (Å²) in [5, 5.41) is 0. The van der Waals surface area contributed by atoms with Gasteiger partial charge in [-0.05, 0) is 41.9 Å². The van der Waals surface area contributed by atoms with Crippen molar-refractivity contribution in [2.45, 2.75) is 133 Å². The maximum atomic E-state index is 14.9. The Labute approximate surface area is 342 Å². The molecule has 3 aliphatic rings. The first-order valence-corrected chi connectivity index (χ1v) is 22.1. The first-order valence-electron chi connectivity index (χ1n) is 20.4. The lowest BCUT2D eigenvalue weighted by Crippen LogP contribution is -2.68. The molecule has 0 N–H and O–H groups in total. The van der Waals surface area contributed by atoms with Gasteiger partial charge < -0.3 is 37.9 Å². The molecular weight excluding hydrogens is 765 g/mol. The lowest BCUT2D eigenvalue weighted by atomic mass is 9.85. The van der Waals surface area contributed by atoms with E-state index in [1.807, 2.05) is 97.9 Å². The first kappa shape index (κ1) is 43.9. The maximum Gasteiger partial charge on any atom is 0.302 e. The zero-order valence-corrected chi connectivity index (χ0v) is 34.8. The number of benzene rings is 3. The summed E-state index contributed by atoms with van der Waals surface area (Å²) in [5.74, 6) is -1.31. The smallest absolute Gasteiger partial charge is 0.302 e. The van der Waals surface area contributed by atoms with Gasteiger partial charge in [-0.1, -0.05) is 105 Å². The van der Waals surface area contributed by atoms with Crippen molar-refractivity contribution in [2.24, 2.45) is 5.92 Å². The maximum absolute atomic E-state index is 14.9. The van der Waals surface area contributed by atoms with Crippen molar-refractivity contribution in [3.05, 3.63) is 108 Å². The average Bonchev–Trinajstić information content (AvgIpc) is 3.34. The number of esters is 2. The second-order valence-electron chi connectivity index (χ2n) is 15.6. The Morgan fingerprint density at radius 2 is 1.31 bits per heavy atom. The second-order valence-corrected chi connectivity index (χ2v) is 18.0. The van der Waals surface area contributed by atoms with Gasteiger partial charge in [-0.2, -0.15) is 0 Å². The molecule has 10 atom stereocenters. The summed E-state index contributed by atoms with van der Waals surface area (Å²) in [4.78, 5) is 22.3. The number of carbonyl (C=O) groups is 2. The molecule has 6 rings (SSSR count). The Morgan fingerprint density at radius 1 is 0.707 bits per heavy atom. The number of hydrogen-bond donors (Lipinski definition) is 0. The van der Waals surface area contributed by atoms with Crippen LogP contribution in [0.5, 0.6) is 0 Å². The van der Waals surface area contributed by atoms with Gasteiger partial charge in [0.15, 0.2) is 9.84 Å². The van der Waals surface area contributed by atoms with Crippen LogP contribution in [0.2, 0.25) is 0 Å². The van der Waals surface area contributed by atoms with Crippen molar-refractivity contribution in [3.8, 4) is 0 Å². The van der Waals surface area contributed by atoms with E-state index in [4.69, 9.17) is 37.9 Å². The Balaban J connectivity index is 1.39. The van der Waals surface area contributed by atoms with Gasteiger partial charge >= 0.3 is 11.9 Å². The lowest BCUT2D eigenvalue weighted by molar-refractivity contribution is -0.270. The Bertz CT molecular complexity index is 1840. The Kier molecular flexibility index (Phi) is 15.5. The number of hydrogen-bond acceptors (Lipinski definition) is 12. The van der Waals surface area contributed by atoms with E-state index in [2.05, 4.69) is 0 Å². The molecule has 3 aromatic rings. The number of carbonyl (C=O) groups excluding carboxylic acids is 2. The SMILES string of the molecule is CCS(=O)(=O)[C@@]12O[C@@H]3C[C@H](C)C[C@H](OC(C)=O)[C@@H](COC(C)=O)O[C@H]3C[C@H]1O[C@@H](CCOCc1ccccc1)[C@H](OCc1ccccc1)C[C@H]2OCc1ccccc1. The molecule has 3 aromatic carbocycles. The van der Waals surface area contributed by atoms with E-state index in [0.29, 0.717) is 32.5 Å². The van der Waals surface area contributed by atoms with E-state index >= 15 is 0 Å². The van der Waals surface area contributed by atoms with E-state index in [9.17, 15) is 18.0 Å². The molecule has 0 aromatic heterocycles. The summed E-state index contributed by atoms with van der Waals surface area (Å²) in [7, 11) is -4.10.